The van der Waals surface area contributed by atoms with Crippen molar-refractivity contribution in [2.75, 3.05) is 43.1 Å². The Kier molecular flexibility index (Phi) is 6.90. The molecule has 1 fully saturated rings. The van der Waals surface area contributed by atoms with Crippen molar-refractivity contribution in [1.82, 2.24) is 14.9 Å². The Hall–Kier alpha value is -4.18. The molecule has 39 heavy (non-hydrogen) atoms. The van der Waals surface area contributed by atoms with Crippen molar-refractivity contribution in [2.24, 2.45) is 0 Å². The van der Waals surface area contributed by atoms with E-state index < -0.39 is 17.6 Å². The first-order valence-corrected chi connectivity index (χ1v) is 12.6. The first kappa shape index (κ1) is 26.4. The van der Waals surface area contributed by atoms with E-state index >= 15 is 0 Å². The number of anilines is 3. The lowest BCUT2D eigenvalue weighted by molar-refractivity contribution is -0.137. The highest BCUT2D eigenvalue weighted by molar-refractivity contribution is 6.07. The van der Waals surface area contributed by atoms with Gasteiger partial charge in [0.1, 0.15) is 12.1 Å². The van der Waals surface area contributed by atoms with Gasteiger partial charge < -0.3 is 20.9 Å². The number of likely N-dealkylation sites (tertiary alicyclic amines) is 1. The van der Waals surface area contributed by atoms with E-state index in [2.05, 4.69) is 20.2 Å². The van der Waals surface area contributed by atoms with Gasteiger partial charge in [-0.3, -0.25) is 4.79 Å². The summed E-state index contributed by atoms with van der Waals surface area (Å²) in [5.74, 6) is -0.152. The molecule has 1 amide bonds. The summed E-state index contributed by atoms with van der Waals surface area (Å²) >= 11 is 0. The van der Waals surface area contributed by atoms with Gasteiger partial charge in [-0.05, 0) is 86.1 Å². The highest BCUT2D eigenvalue weighted by atomic mass is 19.4. The van der Waals surface area contributed by atoms with Crippen LogP contribution < -0.4 is 16.0 Å². The van der Waals surface area contributed by atoms with Crippen LogP contribution in [0.1, 0.15) is 27.9 Å². The second kappa shape index (κ2) is 10.2. The molecule has 0 spiro atoms. The molecule has 7 nitrogen and oxygen atoms in total. The minimum atomic E-state index is -4.54. The summed E-state index contributed by atoms with van der Waals surface area (Å²) < 4.78 is 40.8. The van der Waals surface area contributed by atoms with Gasteiger partial charge in [-0.25, -0.2) is 9.97 Å². The molecule has 202 valence electrons. The highest BCUT2D eigenvalue weighted by Gasteiger charge is 2.32. The molecule has 0 radical (unpaired) electrons. The summed E-state index contributed by atoms with van der Waals surface area (Å²) in [5, 5.41) is 3.45. The number of benzene rings is 3. The predicted molar refractivity (Wildman–Crippen MR) is 148 cm³/mol. The second-order valence-corrected chi connectivity index (χ2v) is 10.0. The molecule has 2 heterocycles. The number of alkyl halides is 3. The maximum Gasteiger partial charge on any atom is 0.416 e. The SMILES string of the molecule is Cc1ccc(C(=O)Nc2cc(C(F)(F)F)ccc2N(C)C2CCN(C)C2)cc1-c1ccc2ncnc(N)c2c1. The molecule has 3 N–H and O–H groups in total. The third kappa shape index (κ3) is 5.37. The van der Waals surface area contributed by atoms with Gasteiger partial charge in [0, 0.05) is 30.6 Å². The Labute approximate surface area is 224 Å². The lowest BCUT2D eigenvalue weighted by Gasteiger charge is -2.29. The molecule has 3 aromatic carbocycles. The van der Waals surface area contributed by atoms with E-state index in [0.29, 0.717) is 28.0 Å². The quantitative estimate of drug-likeness (QED) is 0.347. The molecule has 0 bridgehead atoms. The molecule has 5 rings (SSSR count). The maximum atomic E-state index is 13.6. The van der Waals surface area contributed by atoms with Crippen LogP contribution in [0.25, 0.3) is 22.0 Å². The number of rotatable bonds is 5. The van der Waals surface area contributed by atoms with Crippen molar-refractivity contribution in [3.05, 3.63) is 77.6 Å². The Morgan fingerprint density at radius 3 is 2.62 bits per heavy atom. The monoisotopic (exact) mass is 534 g/mol. The molecule has 1 aliphatic rings. The van der Waals surface area contributed by atoms with Gasteiger partial charge in [0.25, 0.3) is 5.91 Å². The Balaban J connectivity index is 1.49. The van der Waals surface area contributed by atoms with Crippen molar-refractivity contribution in [3.8, 4) is 11.1 Å². The number of nitrogens with two attached hydrogens (primary N) is 1. The zero-order valence-corrected chi connectivity index (χ0v) is 21.9. The third-order valence-electron chi connectivity index (χ3n) is 7.34. The first-order chi connectivity index (χ1) is 18.5. The first-order valence-electron chi connectivity index (χ1n) is 12.6. The number of carbonyl (C=O) groups is 1. The number of nitrogen functional groups attached to an aromatic ring is 1. The van der Waals surface area contributed by atoms with Crippen molar-refractivity contribution < 1.29 is 18.0 Å². The third-order valence-corrected chi connectivity index (χ3v) is 7.34. The van der Waals surface area contributed by atoms with Crippen LogP contribution in [0, 0.1) is 6.92 Å². The van der Waals surface area contributed by atoms with Crippen LogP contribution in [0.5, 0.6) is 0 Å². The number of fused-ring (bicyclic) bond motifs is 1. The fraction of sp³-hybridized carbons (Fsp3) is 0.276. The molecule has 4 aromatic rings. The van der Waals surface area contributed by atoms with Crippen molar-refractivity contribution in [3.63, 3.8) is 0 Å². The fourth-order valence-electron chi connectivity index (χ4n) is 5.06. The van der Waals surface area contributed by atoms with Crippen LogP contribution in [-0.2, 0) is 6.18 Å². The average Bonchev–Trinajstić information content (AvgIpc) is 3.34. The summed E-state index contributed by atoms with van der Waals surface area (Å²) in [6.45, 7) is 3.61. The second-order valence-electron chi connectivity index (χ2n) is 10.0. The molecule has 1 aromatic heterocycles. The van der Waals surface area contributed by atoms with Crippen LogP contribution in [0.2, 0.25) is 0 Å². The molecule has 1 atom stereocenters. The van der Waals surface area contributed by atoms with E-state index in [0.717, 1.165) is 48.3 Å². The highest BCUT2D eigenvalue weighted by Crippen LogP contribution is 2.37. The van der Waals surface area contributed by atoms with Gasteiger partial charge in [-0.15, -0.1) is 0 Å². The minimum absolute atomic E-state index is 0.115. The zero-order chi connectivity index (χ0) is 27.9. The number of nitrogens with one attached hydrogen (secondary N) is 1. The van der Waals surface area contributed by atoms with E-state index in [4.69, 9.17) is 5.73 Å². The normalized spacial score (nSPS) is 16.0. The Morgan fingerprint density at radius 2 is 1.90 bits per heavy atom. The average molecular weight is 535 g/mol. The maximum absolute atomic E-state index is 13.6. The topological polar surface area (TPSA) is 87.4 Å². The number of amides is 1. The molecule has 1 aliphatic heterocycles. The largest absolute Gasteiger partial charge is 0.416 e. The number of carbonyl (C=O) groups excluding carboxylic acids is 1. The van der Waals surface area contributed by atoms with E-state index in [1.54, 1.807) is 12.1 Å². The van der Waals surface area contributed by atoms with E-state index in [9.17, 15) is 18.0 Å². The number of halogens is 3. The summed E-state index contributed by atoms with van der Waals surface area (Å²) in [5.41, 5.74) is 9.43. The predicted octanol–water partition coefficient (Wildman–Crippen LogP) is 5.60. The van der Waals surface area contributed by atoms with E-state index in [1.165, 1.54) is 12.4 Å². The number of aromatic nitrogens is 2. The number of hydrogen-bond donors (Lipinski definition) is 2. The molecule has 1 saturated heterocycles. The number of likely N-dealkylation sites (N-methyl/N-ethyl adjacent to an activating group) is 2. The van der Waals surface area contributed by atoms with Crippen LogP contribution in [0.15, 0.2) is 60.9 Å². The number of hydrogen-bond acceptors (Lipinski definition) is 6. The number of nitrogens with zero attached hydrogens (tertiary/aromatic N) is 4. The summed E-state index contributed by atoms with van der Waals surface area (Å²) in [4.78, 5) is 25.8. The van der Waals surface area contributed by atoms with Gasteiger partial charge in [0.05, 0.1) is 22.5 Å². The molecule has 0 saturated carbocycles. The van der Waals surface area contributed by atoms with Gasteiger partial charge in [-0.1, -0.05) is 12.1 Å². The fourth-order valence-corrected chi connectivity index (χ4v) is 5.06. The van der Waals surface area contributed by atoms with Crippen molar-refractivity contribution >= 4 is 34.0 Å². The zero-order valence-electron chi connectivity index (χ0n) is 21.9. The van der Waals surface area contributed by atoms with Gasteiger partial charge in [-0.2, -0.15) is 13.2 Å². The summed E-state index contributed by atoms with van der Waals surface area (Å²) in [7, 11) is 3.86. The standard InChI is InChI=1S/C29H29F3N6O/c1-17-4-5-19(13-22(17)18-6-8-24-23(12-18)27(33)35-16-34-24)28(39)36-25-14-20(29(30,31)32)7-9-26(25)38(3)21-10-11-37(2)15-21/h4-9,12-14,16,21H,10-11,15H2,1-3H3,(H,36,39)(H2,33,34,35). The lowest BCUT2D eigenvalue weighted by Crippen LogP contribution is -2.34. The molecular formula is C29H29F3N6O. The van der Waals surface area contributed by atoms with Crippen molar-refractivity contribution in [2.45, 2.75) is 25.6 Å². The van der Waals surface area contributed by atoms with Gasteiger partial charge in [0.2, 0.25) is 0 Å². The number of aryl methyl sites for hydroxylation is 1. The molecule has 1 unspecified atom stereocenters. The lowest BCUT2D eigenvalue weighted by atomic mass is 9.96. The van der Waals surface area contributed by atoms with Crippen LogP contribution in [-0.4, -0.2) is 54.0 Å². The summed E-state index contributed by atoms with van der Waals surface area (Å²) in [6, 6.07) is 14.4. The van der Waals surface area contributed by atoms with Crippen LogP contribution >= 0.6 is 0 Å². The van der Waals surface area contributed by atoms with Gasteiger partial charge in [0.15, 0.2) is 0 Å². The molecule has 10 heteroatoms. The summed E-state index contributed by atoms with van der Waals surface area (Å²) in [6.07, 6.45) is -2.26. The smallest absolute Gasteiger partial charge is 0.383 e. The van der Waals surface area contributed by atoms with E-state index in [-0.39, 0.29) is 11.7 Å². The Morgan fingerprint density at radius 1 is 1.10 bits per heavy atom. The minimum Gasteiger partial charge on any atom is -0.383 e. The molecule has 0 aliphatic carbocycles. The van der Waals surface area contributed by atoms with Crippen LogP contribution in [0.4, 0.5) is 30.4 Å². The van der Waals surface area contributed by atoms with Crippen molar-refractivity contribution in [1.29, 1.82) is 0 Å². The van der Waals surface area contributed by atoms with Crippen LogP contribution in [0.3, 0.4) is 0 Å². The molecular weight excluding hydrogens is 505 g/mol. The van der Waals surface area contributed by atoms with E-state index in [1.807, 2.05) is 50.2 Å². The Bertz CT molecular complexity index is 1550. The van der Waals surface area contributed by atoms with Gasteiger partial charge >= 0.3 is 6.18 Å².